The maximum atomic E-state index is 13.9. The Labute approximate surface area is 210 Å². The first-order valence-electron chi connectivity index (χ1n) is 13.1. The molecule has 9 heteroatoms. The van der Waals surface area contributed by atoms with Gasteiger partial charge in [-0.05, 0) is 81.0 Å². The van der Waals surface area contributed by atoms with Gasteiger partial charge in [0.1, 0.15) is 0 Å². The molecular weight excluding hydrogens is 467 g/mol. The summed E-state index contributed by atoms with van der Waals surface area (Å²) in [6.45, 7) is 5.14. The van der Waals surface area contributed by atoms with Crippen molar-refractivity contribution in [3.63, 3.8) is 0 Å². The van der Waals surface area contributed by atoms with Crippen LogP contribution in [0.5, 0.6) is 0 Å². The number of nitrogens with zero attached hydrogens (tertiary/aromatic N) is 2. The van der Waals surface area contributed by atoms with Crippen LogP contribution in [0.4, 0.5) is 18.9 Å². The third kappa shape index (κ3) is 5.26. The number of hydrogen-bond acceptors (Lipinski definition) is 4. The molecule has 3 aliphatic rings. The second kappa shape index (κ2) is 9.39. The van der Waals surface area contributed by atoms with E-state index in [4.69, 9.17) is 5.73 Å². The molecule has 2 saturated carbocycles. The molecule has 2 atom stereocenters. The lowest BCUT2D eigenvalue weighted by Gasteiger charge is -2.34. The maximum absolute atomic E-state index is 13.9. The Bertz CT molecular complexity index is 1140. The van der Waals surface area contributed by atoms with Crippen molar-refractivity contribution in [2.45, 2.75) is 89.9 Å². The van der Waals surface area contributed by atoms with Gasteiger partial charge in [0.25, 0.3) is 5.91 Å². The molecule has 1 aromatic heterocycles. The lowest BCUT2D eigenvalue weighted by atomic mass is 9.76. The molecule has 1 aromatic carbocycles. The van der Waals surface area contributed by atoms with Crippen LogP contribution in [0, 0.1) is 11.3 Å². The minimum absolute atomic E-state index is 0.113. The van der Waals surface area contributed by atoms with Gasteiger partial charge >= 0.3 is 6.18 Å². The Morgan fingerprint density at radius 2 is 1.89 bits per heavy atom. The molecule has 0 spiro atoms. The van der Waals surface area contributed by atoms with E-state index in [-0.39, 0.29) is 23.1 Å². The van der Waals surface area contributed by atoms with Crippen LogP contribution in [0.2, 0.25) is 0 Å². The molecular formula is C27H36F3N5O. The lowest BCUT2D eigenvalue weighted by molar-refractivity contribution is -0.142. The minimum atomic E-state index is -4.52. The van der Waals surface area contributed by atoms with E-state index in [0.29, 0.717) is 41.9 Å². The van der Waals surface area contributed by atoms with Crippen molar-refractivity contribution < 1.29 is 18.0 Å². The fourth-order valence-corrected chi connectivity index (χ4v) is 5.76. The van der Waals surface area contributed by atoms with Crippen molar-refractivity contribution in [3.05, 3.63) is 40.7 Å². The summed E-state index contributed by atoms with van der Waals surface area (Å²) in [7, 11) is 0. The number of nitrogens with two attached hydrogens (primary N) is 1. The van der Waals surface area contributed by atoms with Crippen LogP contribution in [0.1, 0.15) is 86.1 Å². The standard InChI is InChI=1S/C27H36F3N5O/c1-26(2)12-11-19-23(14-26)35(34-24(19)27(28,29)30)17-9-10-18(25(31)36)22(13-17)33-21-6-4-3-5-20(21)32-15-16-7-8-16/h9-10,13,16,20-21,32-33H,3-8,11-12,14-15H2,1-2H3,(H2,31,36)/t20-,21-/m0/s1. The highest BCUT2D eigenvalue weighted by Crippen LogP contribution is 2.42. The van der Waals surface area contributed by atoms with E-state index in [1.165, 1.54) is 17.5 Å². The Balaban J connectivity index is 1.50. The highest BCUT2D eigenvalue weighted by Gasteiger charge is 2.42. The number of amides is 1. The molecule has 2 aromatic rings. The molecule has 4 N–H and O–H groups in total. The Morgan fingerprint density at radius 1 is 1.17 bits per heavy atom. The fraction of sp³-hybridized carbons (Fsp3) is 0.630. The van der Waals surface area contributed by atoms with Crippen LogP contribution in [0.15, 0.2) is 18.2 Å². The average Bonchev–Trinajstić information content (AvgIpc) is 3.56. The van der Waals surface area contributed by atoms with Crippen molar-refractivity contribution in [1.82, 2.24) is 15.1 Å². The quantitative estimate of drug-likeness (QED) is 0.483. The maximum Gasteiger partial charge on any atom is 0.435 e. The van der Waals surface area contributed by atoms with Crippen LogP contribution < -0.4 is 16.4 Å². The van der Waals surface area contributed by atoms with Crippen LogP contribution in [-0.4, -0.2) is 34.3 Å². The van der Waals surface area contributed by atoms with Crippen molar-refractivity contribution in [2.24, 2.45) is 17.1 Å². The van der Waals surface area contributed by atoms with Gasteiger partial charge in [-0.2, -0.15) is 18.3 Å². The number of alkyl halides is 3. The summed E-state index contributed by atoms with van der Waals surface area (Å²) < 4.78 is 43.1. The molecule has 1 heterocycles. The first-order valence-corrected chi connectivity index (χ1v) is 13.1. The predicted octanol–water partition coefficient (Wildman–Crippen LogP) is 5.23. The highest BCUT2D eigenvalue weighted by molar-refractivity contribution is 5.99. The van der Waals surface area contributed by atoms with Crippen LogP contribution in [0.3, 0.4) is 0 Å². The van der Waals surface area contributed by atoms with E-state index in [1.807, 2.05) is 0 Å². The van der Waals surface area contributed by atoms with E-state index < -0.39 is 17.8 Å². The fourth-order valence-electron chi connectivity index (χ4n) is 5.76. The third-order valence-corrected chi connectivity index (χ3v) is 8.04. The van der Waals surface area contributed by atoms with Gasteiger partial charge in [0.15, 0.2) is 5.69 Å². The van der Waals surface area contributed by atoms with Gasteiger partial charge in [0.05, 0.1) is 11.3 Å². The molecule has 36 heavy (non-hydrogen) atoms. The molecule has 196 valence electrons. The minimum Gasteiger partial charge on any atom is -0.380 e. The smallest absolute Gasteiger partial charge is 0.380 e. The molecule has 0 aliphatic heterocycles. The molecule has 0 bridgehead atoms. The summed E-state index contributed by atoms with van der Waals surface area (Å²) in [4.78, 5) is 12.3. The van der Waals surface area contributed by atoms with Crippen LogP contribution in [0.25, 0.3) is 5.69 Å². The van der Waals surface area contributed by atoms with Gasteiger partial charge in [-0.1, -0.05) is 26.7 Å². The zero-order chi connectivity index (χ0) is 25.7. The Kier molecular flexibility index (Phi) is 6.55. The third-order valence-electron chi connectivity index (χ3n) is 8.04. The summed E-state index contributed by atoms with van der Waals surface area (Å²) in [5.74, 6) is 0.192. The van der Waals surface area contributed by atoms with Crippen LogP contribution in [-0.2, 0) is 19.0 Å². The van der Waals surface area contributed by atoms with Crippen molar-refractivity contribution in [1.29, 1.82) is 0 Å². The number of benzene rings is 1. The summed E-state index contributed by atoms with van der Waals surface area (Å²) >= 11 is 0. The van der Waals surface area contributed by atoms with Gasteiger partial charge in [-0.15, -0.1) is 0 Å². The summed E-state index contributed by atoms with van der Waals surface area (Å²) in [6.07, 6.45) is 3.79. The zero-order valence-corrected chi connectivity index (χ0v) is 21.0. The van der Waals surface area contributed by atoms with Gasteiger partial charge in [0.2, 0.25) is 0 Å². The molecule has 5 rings (SSSR count). The second-order valence-corrected chi connectivity index (χ2v) is 11.6. The van der Waals surface area contributed by atoms with E-state index >= 15 is 0 Å². The molecule has 0 saturated heterocycles. The number of nitrogens with one attached hydrogen (secondary N) is 2. The topological polar surface area (TPSA) is 85.0 Å². The van der Waals surface area contributed by atoms with Gasteiger partial charge < -0.3 is 16.4 Å². The van der Waals surface area contributed by atoms with Crippen molar-refractivity contribution >= 4 is 11.6 Å². The van der Waals surface area contributed by atoms with Gasteiger partial charge in [-0.3, -0.25) is 4.79 Å². The van der Waals surface area contributed by atoms with Crippen molar-refractivity contribution in [2.75, 3.05) is 11.9 Å². The van der Waals surface area contributed by atoms with Crippen LogP contribution >= 0.6 is 0 Å². The molecule has 6 nitrogen and oxygen atoms in total. The van der Waals surface area contributed by atoms with E-state index in [2.05, 4.69) is 29.6 Å². The number of primary amides is 1. The SMILES string of the molecule is CC1(C)CCc2c(C(F)(F)F)nn(-c3ccc(C(N)=O)c(N[C@H]4CCCC[C@@H]4NCC4CC4)c3)c2C1. The van der Waals surface area contributed by atoms with E-state index in [9.17, 15) is 18.0 Å². The average molecular weight is 504 g/mol. The normalized spacial score (nSPS) is 23.8. The number of halogens is 3. The van der Waals surface area contributed by atoms with E-state index in [1.54, 1.807) is 18.2 Å². The second-order valence-electron chi connectivity index (χ2n) is 11.6. The molecule has 3 aliphatic carbocycles. The first kappa shape index (κ1) is 25.1. The number of anilines is 1. The number of aromatic nitrogens is 2. The summed E-state index contributed by atoms with van der Waals surface area (Å²) in [6, 6.07) is 5.37. The molecule has 1 amide bonds. The van der Waals surface area contributed by atoms with Gasteiger partial charge in [0, 0.05) is 29.0 Å². The number of carbonyl (C=O) groups is 1. The summed E-state index contributed by atoms with van der Waals surface area (Å²) in [5, 5.41) is 11.3. The predicted molar refractivity (Wildman–Crippen MR) is 133 cm³/mol. The molecule has 2 fully saturated rings. The summed E-state index contributed by atoms with van der Waals surface area (Å²) in [5.41, 5.74) is 7.04. The Morgan fingerprint density at radius 3 is 2.56 bits per heavy atom. The van der Waals surface area contributed by atoms with Gasteiger partial charge in [-0.25, -0.2) is 4.68 Å². The zero-order valence-electron chi connectivity index (χ0n) is 21.0. The monoisotopic (exact) mass is 503 g/mol. The number of fused-ring (bicyclic) bond motifs is 1. The van der Waals surface area contributed by atoms with Crippen molar-refractivity contribution in [3.8, 4) is 5.69 Å². The number of hydrogen-bond donors (Lipinski definition) is 3. The highest BCUT2D eigenvalue weighted by atomic mass is 19.4. The number of rotatable bonds is 7. The Hall–Kier alpha value is -2.55. The largest absolute Gasteiger partial charge is 0.435 e. The molecule has 0 unspecified atom stereocenters. The lowest BCUT2D eigenvalue weighted by Crippen LogP contribution is -2.47. The van der Waals surface area contributed by atoms with E-state index in [0.717, 1.165) is 38.1 Å². The number of carbonyl (C=O) groups excluding carboxylic acids is 1. The molecule has 0 radical (unpaired) electrons. The first-order chi connectivity index (χ1) is 17.0.